The fourth-order valence-electron chi connectivity index (χ4n) is 3.78. The molecule has 154 valence electrons. The summed E-state index contributed by atoms with van der Waals surface area (Å²) in [6.07, 6.45) is 4.27. The molecule has 1 atom stereocenters. The highest BCUT2D eigenvalue weighted by Gasteiger charge is 2.17. The van der Waals surface area contributed by atoms with Crippen LogP contribution < -0.4 is 10.1 Å². The van der Waals surface area contributed by atoms with Crippen molar-refractivity contribution in [3.8, 4) is 17.0 Å². The molecule has 0 radical (unpaired) electrons. The van der Waals surface area contributed by atoms with Gasteiger partial charge in [0.05, 0.1) is 28.6 Å². The van der Waals surface area contributed by atoms with Crippen LogP contribution in [0, 0.1) is 0 Å². The van der Waals surface area contributed by atoms with Gasteiger partial charge in [-0.25, -0.2) is 4.98 Å². The van der Waals surface area contributed by atoms with Gasteiger partial charge in [0.15, 0.2) is 4.96 Å². The second kappa shape index (κ2) is 8.08. The van der Waals surface area contributed by atoms with Crippen LogP contribution in [-0.4, -0.2) is 41.2 Å². The quantitative estimate of drug-likeness (QED) is 0.497. The highest BCUT2D eigenvalue weighted by molar-refractivity contribution is 7.23. The van der Waals surface area contributed by atoms with Crippen molar-refractivity contribution >= 4 is 32.4 Å². The van der Waals surface area contributed by atoms with Gasteiger partial charge < -0.3 is 14.8 Å². The van der Waals surface area contributed by atoms with Crippen LogP contribution in [0.25, 0.3) is 26.4 Å². The molecular weight excluding hydrogens is 398 g/mol. The maximum absolute atomic E-state index is 12.5. The minimum atomic E-state index is -0.0616. The van der Waals surface area contributed by atoms with Crippen molar-refractivity contribution in [1.29, 1.82) is 0 Å². The van der Waals surface area contributed by atoms with E-state index in [1.165, 1.54) is 0 Å². The van der Waals surface area contributed by atoms with Crippen LogP contribution in [-0.2, 0) is 4.74 Å². The number of amides is 1. The lowest BCUT2D eigenvalue weighted by Gasteiger charge is -2.10. The van der Waals surface area contributed by atoms with Gasteiger partial charge in [0.25, 0.3) is 5.91 Å². The third kappa shape index (κ3) is 3.66. The normalized spacial score (nSPS) is 16.4. The number of benzene rings is 2. The van der Waals surface area contributed by atoms with E-state index >= 15 is 0 Å². The molecule has 5 rings (SSSR count). The van der Waals surface area contributed by atoms with Crippen molar-refractivity contribution in [2.24, 2.45) is 0 Å². The molecule has 0 bridgehead atoms. The lowest BCUT2D eigenvalue weighted by molar-refractivity contribution is 0.0858. The highest BCUT2D eigenvalue weighted by Crippen LogP contribution is 2.30. The Morgan fingerprint density at radius 3 is 2.93 bits per heavy atom. The van der Waals surface area contributed by atoms with E-state index in [2.05, 4.69) is 9.72 Å². The zero-order valence-electron chi connectivity index (χ0n) is 16.8. The molecular formula is C23H23N3O3S. The summed E-state index contributed by atoms with van der Waals surface area (Å²) in [6.45, 7) is 3.98. The number of rotatable bonds is 6. The standard InChI is InChI=1S/C23H23N3O3S/c1-2-28-17-8-5-15(6-9-17)19-14-26-20-10-7-16(12-21(20)30-23(26)25-19)22(27)24-13-18-4-3-11-29-18/h5-10,12,14,18H,2-4,11,13H2,1H3,(H,24,27). The van der Waals surface area contributed by atoms with E-state index in [1.807, 2.05) is 55.6 Å². The monoisotopic (exact) mass is 421 g/mol. The predicted molar refractivity (Wildman–Crippen MR) is 118 cm³/mol. The van der Waals surface area contributed by atoms with Gasteiger partial charge in [-0.2, -0.15) is 0 Å². The minimum absolute atomic E-state index is 0.0616. The molecule has 1 unspecified atom stereocenters. The zero-order valence-corrected chi connectivity index (χ0v) is 17.6. The first-order valence-electron chi connectivity index (χ1n) is 10.3. The van der Waals surface area contributed by atoms with E-state index < -0.39 is 0 Å². The number of carbonyl (C=O) groups excluding carboxylic acids is 1. The first-order chi connectivity index (χ1) is 14.7. The van der Waals surface area contributed by atoms with Crippen molar-refractivity contribution in [1.82, 2.24) is 14.7 Å². The molecule has 0 aliphatic carbocycles. The Bertz CT molecular complexity index is 1190. The van der Waals surface area contributed by atoms with Crippen LogP contribution in [0.15, 0.2) is 48.7 Å². The van der Waals surface area contributed by atoms with Crippen LogP contribution in [0.5, 0.6) is 5.75 Å². The summed E-state index contributed by atoms with van der Waals surface area (Å²) >= 11 is 1.59. The molecule has 1 saturated heterocycles. The molecule has 1 aliphatic heterocycles. The van der Waals surface area contributed by atoms with Crippen molar-refractivity contribution in [3.05, 3.63) is 54.2 Å². The number of hydrogen-bond donors (Lipinski definition) is 1. The fourth-order valence-corrected chi connectivity index (χ4v) is 4.83. The number of thiazole rings is 1. The van der Waals surface area contributed by atoms with E-state index in [4.69, 9.17) is 14.5 Å². The summed E-state index contributed by atoms with van der Waals surface area (Å²) in [5.41, 5.74) is 3.68. The number of imidazole rings is 1. The smallest absolute Gasteiger partial charge is 0.251 e. The lowest BCUT2D eigenvalue weighted by atomic mass is 10.1. The van der Waals surface area contributed by atoms with Gasteiger partial charge in [-0.05, 0) is 62.2 Å². The van der Waals surface area contributed by atoms with E-state index in [9.17, 15) is 4.79 Å². The molecule has 1 amide bonds. The van der Waals surface area contributed by atoms with Gasteiger partial charge in [0.2, 0.25) is 0 Å². The van der Waals surface area contributed by atoms with Crippen LogP contribution in [0.3, 0.4) is 0 Å². The van der Waals surface area contributed by atoms with Gasteiger partial charge in [-0.3, -0.25) is 9.20 Å². The molecule has 2 aromatic carbocycles. The van der Waals surface area contributed by atoms with Crippen LogP contribution in [0.4, 0.5) is 0 Å². The van der Waals surface area contributed by atoms with Crippen molar-refractivity contribution in [3.63, 3.8) is 0 Å². The van der Waals surface area contributed by atoms with E-state index in [1.54, 1.807) is 11.3 Å². The topological polar surface area (TPSA) is 64.9 Å². The minimum Gasteiger partial charge on any atom is -0.494 e. The van der Waals surface area contributed by atoms with Crippen molar-refractivity contribution in [2.75, 3.05) is 19.8 Å². The van der Waals surface area contributed by atoms with Crippen molar-refractivity contribution in [2.45, 2.75) is 25.9 Å². The number of nitrogens with zero attached hydrogens (tertiary/aromatic N) is 2. The molecule has 2 aromatic heterocycles. The second-order valence-corrected chi connectivity index (χ2v) is 8.37. The molecule has 0 spiro atoms. The number of fused-ring (bicyclic) bond motifs is 3. The average molecular weight is 422 g/mol. The molecule has 30 heavy (non-hydrogen) atoms. The second-order valence-electron chi connectivity index (χ2n) is 7.37. The Morgan fingerprint density at radius 2 is 2.17 bits per heavy atom. The third-order valence-corrected chi connectivity index (χ3v) is 6.35. The van der Waals surface area contributed by atoms with Gasteiger partial charge in [-0.15, -0.1) is 0 Å². The maximum atomic E-state index is 12.5. The molecule has 6 nitrogen and oxygen atoms in total. The van der Waals surface area contributed by atoms with E-state index in [0.29, 0.717) is 18.7 Å². The first-order valence-corrected chi connectivity index (χ1v) is 11.1. The highest BCUT2D eigenvalue weighted by atomic mass is 32.1. The summed E-state index contributed by atoms with van der Waals surface area (Å²) in [5, 5.41) is 2.99. The Labute approximate surface area is 178 Å². The average Bonchev–Trinajstić information content (AvgIpc) is 3.48. The Morgan fingerprint density at radius 1 is 1.30 bits per heavy atom. The summed E-state index contributed by atoms with van der Waals surface area (Å²) in [5.74, 6) is 0.798. The number of carbonyl (C=O) groups is 1. The molecule has 1 fully saturated rings. The molecule has 1 aliphatic rings. The Kier molecular flexibility index (Phi) is 5.14. The van der Waals surface area contributed by atoms with Crippen molar-refractivity contribution < 1.29 is 14.3 Å². The predicted octanol–water partition coefficient (Wildman–Crippen LogP) is 4.52. The van der Waals surface area contributed by atoms with Gasteiger partial charge >= 0.3 is 0 Å². The molecule has 7 heteroatoms. The SMILES string of the molecule is CCOc1ccc(-c2cn3c(n2)sc2cc(C(=O)NCC4CCCO4)ccc23)cc1. The molecule has 3 heterocycles. The number of aromatic nitrogens is 2. The first kappa shape index (κ1) is 19.1. The Hall–Kier alpha value is -2.90. The summed E-state index contributed by atoms with van der Waals surface area (Å²) in [4.78, 5) is 18.2. The fraction of sp³-hybridized carbons (Fsp3) is 0.304. The lowest BCUT2D eigenvalue weighted by Crippen LogP contribution is -2.31. The number of nitrogens with one attached hydrogen (secondary N) is 1. The molecule has 1 N–H and O–H groups in total. The summed E-state index contributed by atoms with van der Waals surface area (Å²) in [7, 11) is 0. The largest absolute Gasteiger partial charge is 0.494 e. The zero-order chi connectivity index (χ0) is 20.5. The van der Waals surface area contributed by atoms with Gasteiger partial charge in [-0.1, -0.05) is 11.3 Å². The van der Waals surface area contributed by atoms with Gasteiger partial charge in [0.1, 0.15) is 5.75 Å². The van der Waals surface area contributed by atoms with Crippen LogP contribution >= 0.6 is 11.3 Å². The third-order valence-electron chi connectivity index (χ3n) is 5.33. The Balaban J connectivity index is 1.37. The van der Waals surface area contributed by atoms with E-state index in [0.717, 1.165) is 51.6 Å². The maximum Gasteiger partial charge on any atom is 0.251 e. The van der Waals surface area contributed by atoms with Gasteiger partial charge in [0, 0.05) is 30.5 Å². The molecule has 0 saturated carbocycles. The number of hydrogen-bond acceptors (Lipinski definition) is 5. The summed E-state index contributed by atoms with van der Waals surface area (Å²) in [6, 6.07) is 13.8. The number of ether oxygens (including phenoxy) is 2. The summed E-state index contributed by atoms with van der Waals surface area (Å²) < 4.78 is 14.2. The van der Waals surface area contributed by atoms with Crippen LogP contribution in [0.1, 0.15) is 30.1 Å². The van der Waals surface area contributed by atoms with E-state index in [-0.39, 0.29) is 12.0 Å². The molecule has 4 aromatic rings. The van der Waals surface area contributed by atoms with Crippen LogP contribution in [0.2, 0.25) is 0 Å².